The number of rotatable bonds is 8. The third-order valence-electron chi connectivity index (χ3n) is 13.8. The van der Waals surface area contributed by atoms with Gasteiger partial charge in [0.15, 0.2) is 0 Å². The van der Waals surface area contributed by atoms with Crippen LogP contribution in [0.5, 0.6) is 0 Å². The minimum absolute atomic E-state index is 0.0216. The van der Waals surface area contributed by atoms with Crippen LogP contribution in [0.25, 0.3) is 43.1 Å². The van der Waals surface area contributed by atoms with Crippen molar-refractivity contribution in [3.05, 3.63) is 101 Å². The Morgan fingerprint density at radius 2 is 0.422 bits per heavy atom. The lowest BCUT2D eigenvalue weighted by Crippen LogP contribution is -2.44. The van der Waals surface area contributed by atoms with Gasteiger partial charge in [-0.1, -0.05) is 79.1 Å². The summed E-state index contributed by atoms with van der Waals surface area (Å²) >= 11 is 13.9. The van der Waals surface area contributed by atoms with Crippen molar-refractivity contribution in [1.29, 1.82) is 0 Å². The lowest BCUT2D eigenvalue weighted by Gasteiger charge is -2.26. The lowest BCUT2D eigenvalue weighted by atomic mass is 9.92. The molecule has 328 valence electrons. The van der Waals surface area contributed by atoms with Crippen LogP contribution in [0.4, 0.5) is 0 Å². The fraction of sp³-hybridized carbons (Fsp3) is 0.417. The molecule has 12 nitrogen and oxygen atoms in total. The van der Waals surface area contributed by atoms with Crippen LogP contribution in [0.2, 0.25) is 0 Å². The van der Waals surface area contributed by atoms with Crippen LogP contribution in [0.15, 0.2) is 56.2 Å². The van der Waals surface area contributed by atoms with Gasteiger partial charge in [0.25, 0.3) is 44.5 Å². The molecule has 12 bridgehead atoms. The molecule has 0 atom stereocenters. The van der Waals surface area contributed by atoms with Gasteiger partial charge in [-0.25, -0.2) is 0 Å². The molecule has 0 unspecified atom stereocenters. The summed E-state index contributed by atoms with van der Waals surface area (Å²) in [6.07, 6.45) is 1.38. The first-order chi connectivity index (χ1) is 30.3. The Labute approximate surface area is 399 Å². The summed E-state index contributed by atoms with van der Waals surface area (Å²) in [5, 5.41) is -0.848. The molecule has 16 heteroatoms. The second-order valence-corrected chi connectivity index (χ2v) is 19.2. The first-order valence-electron chi connectivity index (χ1n) is 21.1. The fourth-order valence-corrected chi connectivity index (χ4v) is 12.5. The molecular weight excluding hydrogens is 1080 g/mol. The number of halogens is 4. The van der Waals surface area contributed by atoms with Crippen LogP contribution in [0, 0.1) is 47.4 Å². The Kier molecular flexibility index (Phi) is 12.2. The second kappa shape index (κ2) is 16.5. The lowest BCUT2D eigenvalue weighted by molar-refractivity contribution is 0.345. The number of hydrogen-bond acceptors (Lipinski definition) is 8. The van der Waals surface area contributed by atoms with Crippen molar-refractivity contribution in [1.82, 2.24) is 18.3 Å². The van der Waals surface area contributed by atoms with Gasteiger partial charge in [0.2, 0.25) is 0 Å². The van der Waals surface area contributed by atoms with Crippen LogP contribution in [0.3, 0.4) is 0 Å². The molecule has 0 saturated carbocycles. The van der Waals surface area contributed by atoms with E-state index in [4.69, 9.17) is 0 Å². The predicted octanol–water partition coefficient (Wildman–Crippen LogP) is 6.98. The molecule has 8 heterocycles. The average Bonchev–Trinajstić information content (AvgIpc) is 3.93. The standard InChI is InChI=1S/C48H40Br4N4O8/c1-9-45(10-2)21-17-18-22-46(11-3,12-4)54-41(61)29-30(42(54)62)36(52)32-31(35(29)51)43(63)56(44(32)64)48(15-7,16-8)24-20-19-23-47(13-5,14-6)55-39(59)27-28(40(55)60)34(50)26-25(33(27)49)37(57)53(45)38(26)58/h9-16H2,1-8H3. The van der Waals surface area contributed by atoms with E-state index >= 15 is 0 Å². The van der Waals surface area contributed by atoms with Crippen LogP contribution in [-0.4, -0.2) is 18.3 Å². The molecule has 0 radical (unpaired) electrons. The molecule has 0 fully saturated rings. The van der Waals surface area contributed by atoms with Crippen molar-refractivity contribution in [2.75, 3.05) is 0 Å². The second-order valence-electron chi connectivity index (χ2n) is 16.0. The molecule has 4 aliphatic heterocycles. The summed E-state index contributed by atoms with van der Waals surface area (Å²) in [5.74, 6) is 23.6. The quantitative estimate of drug-likeness (QED) is 0.148. The van der Waals surface area contributed by atoms with Crippen molar-refractivity contribution in [2.45, 2.75) is 129 Å². The fourth-order valence-electron chi connectivity index (χ4n) is 9.59. The third-order valence-corrected chi connectivity index (χ3v) is 17.0. The highest BCUT2D eigenvalue weighted by Crippen LogP contribution is 2.39. The van der Waals surface area contributed by atoms with E-state index in [0.29, 0.717) is 0 Å². The summed E-state index contributed by atoms with van der Waals surface area (Å²) in [6, 6.07) is 0. The summed E-state index contributed by atoms with van der Waals surface area (Å²) < 4.78 is 4.09. The number of nitrogens with zero attached hydrogens (tertiary/aromatic N) is 4. The zero-order valence-electron chi connectivity index (χ0n) is 36.2. The molecule has 0 amide bonds. The highest BCUT2D eigenvalue weighted by Gasteiger charge is 2.40. The van der Waals surface area contributed by atoms with Crippen molar-refractivity contribution in [3.63, 3.8) is 0 Å². The van der Waals surface area contributed by atoms with Gasteiger partial charge in [0.05, 0.1) is 43.1 Å². The Balaban J connectivity index is 1.70. The Hall–Kier alpha value is -4.84. The number of hydrogen-bond donors (Lipinski definition) is 0. The van der Waals surface area contributed by atoms with E-state index in [-0.39, 0.29) is 112 Å². The zero-order valence-corrected chi connectivity index (χ0v) is 42.6. The highest BCUT2D eigenvalue weighted by atomic mass is 79.9. The molecule has 4 aromatic heterocycles. The molecule has 0 saturated heterocycles. The Morgan fingerprint density at radius 1 is 0.297 bits per heavy atom. The Morgan fingerprint density at radius 3 is 0.531 bits per heavy atom. The van der Waals surface area contributed by atoms with E-state index in [1.54, 1.807) is 55.4 Å². The van der Waals surface area contributed by atoms with E-state index in [1.807, 2.05) is 0 Å². The molecule has 64 heavy (non-hydrogen) atoms. The maximum atomic E-state index is 14.6. The van der Waals surface area contributed by atoms with Crippen molar-refractivity contribution in [2.24, 2.45) is 0 Å². The third kappa shape index (κ3) is 6.01. The molecule has 6 aromatic rings. The van der Waals surface area contributed by atoms with Gasteiger partial charge in [0, 0.05) is 17.9 Å². The van der Waals surface area contributed by atoms with Crippen LogP contribution in [0.1, 0.15) is 107 Å². The highest BCUT2D eigenvalue weighted by molar-refractivity contribution is 9.11. The average molecular weight is 1120 g/mol. The smallest absolute Gasteiger partial charge is 0.264 e. The molecule has 2 aromatic carbocycles. The zero-order chi connectivity index (χ0) is 47.2. The van der Waals surface area contributed by atoms with Crippen molar-refractivity contribution in [3.8, 4) is 47.4 Å². The van der Waals surface area contributed by atoms with E-state index in [9.17, 15) is 38.4 Å². The monoisotopic (exact) mass is 1120 g/mol. The summed E-state index contributed by atoms with van der Waals surface area (Å²) in [6.45, 7) is 14.1. The van der Waals surface area contributed by atoms with Crippen LogP contribution >= 0.6 is 63.7 Å². The molecule has 0 spiro atoms. The van der Waals surface area contributed by atoms with Crippen LogP contribution < -0.4 is 44.5 Å². The van der Waals surface area contributed by atoms with Gasteiger partial charge in [-0.3, -0.25) is 56.6 Å². The van der Waals surface area contributed by atoms with E-state index in [0.717, 1.165) is 18.3 Å². The normalized spacial score (nSPS) is 16.1. The molecule has 10 rings (SSSR count). The minimum atomic E-state index is -1.42. The van der Waals surface area contributed by atoms with Gasteiger partial charge in [0.1, 0.15) is 22.2 Å². The molecular formula is C48H40Br4N4O8. The SMILES string of the molecule is CCC1(CC)C#CC#CC(CC)(CC)n2c(=O)c3c(Br)c4c(=O)n(c(=O)c4c(Br)c3c2=O)C(CC)(CC)C#CC#CC(CC)(CC)n2c(=O)c3c(Br)c4c(=O)n1c(=O)c4c(Br)c3c2=O. The van der Waals surface area contributed by atoms with E-state index in [1.165, 1.54) is 0 Å². The van der Waals surface area contributed by atoms with E-state index < -0.39 is 66.6 Å². The van der Waals surface area contributed by atoms with Gasteiger partial charge in [-0.05, 0) is 139 Å². The van der Waals surface area contributed by atoms with Gasteiger partial charge in [-0.15, -0.1) is 0 Å². The summed E-state index contributed by atoms with van der Waals surface area (Å²) in [7, 11) is 0. The van der Waals surface area contributed by atoms with Gasteiger partial charge < -0.3 is 0 Å². The molecule has 0 aliphatic carbocycles. The first-order valence-corrected chi connectivity index (χ1v) is 24.2. The topological polar surface area (TPSA) is 156 Å². The maximum absolute atomic E-state index is 14.6. The van der Waals surface area contributed by atoms with Gasteiger partial charge in [-0.2, -0.15) is 0 Å². The number of aromatic nitrogens is 4. The predicted molar refractivity (Wildman–Crippen MR) is 266 cm³/mol. The van der Waals surface area contributed by atoms with Gasteiger partial charge >= 0.3 is 0 Å². The van der Waals surface area contributed by atoms with Crippen LogP contribution in [-0.2, 0) is 22.2 Å². The molecule has 4 aliphatic rings. The molecule has 0 N–H and O–H groups in total. The van der Waals surface area contributed by atoms with E-state index in [2.05, 4.69) is 111 Å². The number of benzene rings is 2. The Bertz CT molecular complexity index is 3110. The summed E-state index contributed by atoms with van der Waals surface area (Å²) in [5.41, 5.74) is -11.5. The summed E-state index contributed by atoms with van der Waals surface area (Å²) in [4.78, 5) is 117. The van der Waals surface area contributed by atoms with Crippen molar-refractivity contribution < 1.29 is 0 Å². The maximum Gasteiger partial charge on any atom is 0.264 e. The van der Waals surface area contributed by atoms with Crippen molar-refractivity contribution >= 4 is 107 Å². The minimum Gasteiger partial charge on any atom is -0.268 e. The largest absolute Gasteiger partial charge is 0.268 e. The first kappa shape index (κ1) is 47.1.